The zero-order valence-corrected chi connectivity index (χ0v) is 17.5. The third kappa shape index (κ3) is 4.78. The van der Waals surface area contributed by atoms with Gasteiger partial charge in [-0.1, -0.05) is 42.5 Å². The number of para-hydroxylation sites is 3. The van der Waals surface area contributed by atoms with Crippen molar-refractivity contribution in [2.45, 2.75) is 6.54 Å². The first-order valence-electron chi connectivity index (χ1n) is 9.70. The number of benzene rings is 3. The van der Waals surface area contributed by atoms with E-state index in [0.29, 0.717) is 31.1 Å². The molecule has 0 saturated heterocycles. The molecule has 1 heterocycles. The maximum atomic E-state index is 13.0. The van der Waals surface area contributed by atoms with Gasteiger partial charge in [0.2, 0.25) is 0 Å². The molecule has 152 valence electrons. The Morgan fingerprint density at radius 2 is 1.60 bits per heavy atom. The van der Waals surface area contributed by atoms with Crippen LogP contribution in [0.5, 0.6) is 11.5 Å². The van der Waals surface area contributed by atoms with Gasteiger partial charge in [0.1, 0.15) is 29.7 Å². The lowest BCUT2D eigenvalue weighted by molar-refractivity contribution is 0.0779. The summed E-state index contributed by atoms with van der Waals surface area (Å²) in [6, 6.07) is 24.9. The largest absolute Gasteiger partial charge is 0.490 e. The second-order valence-electron chi connectivity index (χ2n) is 6.74. The minimum absolute atomic E-state index is 0.103. The van der Waals surface area contributed by atoms with Crippen molar-refractivity contribution in [2.75, 3.05) is 20.3 Å². The van der Waals surface area contributed by atoms with Crippen molar-refractivity contribution >= 4 is 27.5 Å². The van der Waals surface area contributed by atoms with Gasteiger partial charge >= 0.3 is 0 Å². The highest BCUT2D eigenvalue weighted by Gasteiger charge is 2.18. The summed E-state index contributed by atoms with van der Waals surface area (Å²) in [7, 11) is 1.78. The summed E-state index contributed by atoms with van der Waals surface area (Å²) >= 11 is 1.60. The summed E-state index contributed by atoms with van der Waals surface area (Å²) < 4.78 is 12.6. The molecule has 0 atom stereocenters. The zero-order chi connectivity index (χ0) is 20.8. The van der Waals surface area contributed by atoms with Crippen LogP contribution in [-0.2, 0) is 6.54 Å². The molecule has 1 aromatic heterocycles. The number of thiazole rings is 1. The first kappa shape index (κ1) is 19.9. The van der Waals surface area contributed by atoms with Gasteiger partial charge in [-0.2, -0.15) is 0 Å². The van der Waals surface area contributed by atoms with Gasteiger partial charge in [0, 0.05) is 7.05 Å². The summed E-state index contributed by atoms with van der Waals surface area (Å²) in [4.78, 5) is 19.3. The first-order valence-corrected chi connectivity index (χ1v) is 10.5. The highest BCUT2D eigenvalue weighted by Crippen LogP contribution is 2.24. The summed E-state index contributed by atoms with van der Waals surface area (Å²) in [5, 5.41) is 0.904. The number of hydrogen-bond donors (Lipinski definition) is 0. The van der Waals surface area contributed by atoms with Crippen LogP contribution in [0, 0.1) is 0 Å². The number of fused-ring (bicyclic) bond motifs is 1. The molecular formula is C24H22N2O3S. The quantitative estimate of drug-likeness (QED) is 0.377. The summed E-state index contributed by atoms with van der Waals surface area (Å²) in [5.41, 5.74) is 1.49. The molecule has 0 fully saturated rings. The van der Waals surface area contributed by atoms with E-state index >= 15 is 0 Å². The van der Waals surface area contributed by atoms with E-state index in [4.69, 9.17) is 9.47 Å². The van der Waals surface area contributed by atoms with Gasteiger partial charge in [-0.05, 0) is 36.4 Å². The van der Waals surface area contributed by atoms with Crippen LogP contribution in [0.4, 0.5) is 0 Å². The third-order valence-electron chi connectivity index (χ3n) is 4.53. The van der Waals surface area contributed by atoms with Crippen LogP contribution < -0.4 is 9.47 Å². The molecule has 0 aliphatic heterocycles. The minimum atomic E-state index is -0.103. The van der Waals surface area contributed by atoms with Crippen molar-refractivity contribution in [2.24, 2.45) is 0 Å². The maximum absolute atomic E-state index is 13.0. The average Bonchev–Trinajstić information content (AvgIpc) is 3.19. The van der Waals surface area contributed by atoms with E-state index in [-0.39, 0.29) is 5.91 Å². The maximum Gasteiger partial charge on any atom is 0.257 e. The SMILES string of the molecule is CN(Cc1nc2ccccc2s1)C(=O)c1ccccc1OCCOc1ccccc1. The van der Waals surface area contributed by atoms with Crippen molar-refractivity contribution in [3.05, 3.63) is 89.4 Å². The van der Waals surface area contributed by atoms with Gasteiger partial charge in [0.05, 0.1) is 22.3 Å². The molecule has 0 unspecified atom stereocenters. The van der Waals surface area contributed by atoms with Gasteiger partial charge in [-0.3, -0.25) is 4.79 Å². The van der Waals surface area contributed by atoms with Crippen molar-refractivity contribution in [3.63, 3.8) is 0 Å². The second kappa shape index (κ2) is 9.41. The molecule has 4 aromatic rings. The number of carbonyl (C=O) groups is 1. The van der Waals surface area contributed by atoms with Crippen molar-refractivity contribution in [3.8, 4) is 11.5 Å². The number of hydrogen-bond acceptors (Lipinski definition) is 5. The van der Waals surface area contributed by atoms with Gasteiger partial charge in [-0.15, -0.1) is 11.3 Å². The van der Waals surface area contributed by atoms with Gasteiger partial charge < -0.3 is 14.4 Å². The van der Waals surface area contributed by atoms with E-state index < -0.39 is 0 Å². The Morgan fingerprint density at radius 1 is 0.900 bits per heavy atom. The Morgan fingerprint density at radius 3 is 2.43 bits per heavy atom. The van der Waals surface area contributed by atoms with Gasteiger partial charge in [-0.25, -0.2) is 4.98 Å². The number of carbonyl (C=O) groups excluding carboxylic acids is 1. The van der Waals surface area contributed by atoms with E-state index in [0.717, 1.165) is 21.0 Å². The Bertz CT molecular complexity index is 1090. The fourth-order valence-electron chi connectivity index (χ4n) is 3.06. The third-order valence-corrected chi connectivity index (χ3v) is 5.55. The standard InChI is InChI=1S/C24H22N2O3S/c1-26(17-23-25-20-12-6-8-14-22(20)30-23)24(27)19-11-5-7-13-21(19)29-16-15-28-18-9-3-2-4-10-18/h2-14H,15-17H2,1H3. The lowest BCUT2D eigenvalue weighted by Crippen LogP contribution is -2.26. The van der Waals surface area contributed by atoms with E-state index in [1.807, 2.05) is 66.7 Å². The molecule has 3 aromatic carbocycles. The fourth-order valence-corrected chi connectivity index (χ4v) is 4.09. The monoisotopic (exact) mass is 418 g/mol. The smallest absolute Gasteiger partial charge is 0.257 e. The molecule has 1 amide bonds. The molecule has 0 radical (unpaired) electrons. The topological polar surface area (TPSA) is 51.7 Å². The number of ether oxygens (including phenoxy) is 2. The molecule has 0 saturated carbocycles. The van der Waals surface area contributed by atoms with E-state index in [9.17, 15) is 4.79 Å². The van der Waals surface area contributed by atoms with Gasteiger partial charge in [0.25, 0.3) is 5.91 Å². The zero-order valence-electron chi connectivity index (χ0n) is 16.7. The van der Waals surface area contributed by atoms with Crippen molar-refractivity contribution in [1.82, 2.24) is 9.88 Å². The molecular weight excluding hydrogens is 396 g/mol. The average molecular weight is 419 g/mol. The molecule has 0 aliphatic rings. The van der Waals surface area contributed by atoms with Gasteiger partial charge in [0.15, 0.2) is 0 Å². The number of nitrogens with zero attached hydrogens (tertiary/aromatic N) is 2. The molecule has 30 heavy (non-hydrogen) atoms. The Kier molecular flexibility index (Phi) is 6.25. The molecule has 0 bridgehead atoms. The molecule has 0 N–H and O–H groups in total. The second-order valence-corrected chi connectivity index (χ2v) is 7.86. The van der Waals surface area contributed by atoms with Crippen LogP contribution >= 0.6 is 11.3 Å². The molecule has 6 heteroatoms. The summed E-state index contributed by atoms with van der Waals surface area (Å²) in [5.74, 6) is 1.24. The fraction of sp³-hybridized carbons (Fsp3) is 0.167. The number of aromatic nitrogens is 1. The highest BCUT2D eigenvalue weighted by atomic mass is 32.1. The Labute approximate surface area is 179 Å². The van der Waals surface area contributed by atoms with Crippen LogP contribution in [-0.4, -0.2) is 36.1 Å². The molecule has 0 aliphatic carbocycles. The Hall–Kier alpha value is -3.38. The van der Waals surface area contributed by atoms with Crippen molar-refractivity contribution < 1.29 is 14.3 Å². The molecule has 5 nitrogen and oxygen atoms in total. The summed E-state index contributed by atoms with van der Waals surface area (Å²) in [6.07, 6.45) is 0. The lowest BCUT2D eigenvalue weighted by atomic mass is 10.2. The minimum Gasteiger partial charge on any atom is -0.490 e. The predicted octanol–water partition coefficient (Wildman–Crippen LogP) is 5.03. The number of amides is 1. The first-order chi connectivity index (χ1) is 14.7. The van der Waals surface area contributed by atoms with Crippen LogP contribution in [0.15, 0.2) is 78.9 Å². The predicted molar refractivity (Wildman–Crippen MR) is 119 cm³/mol. The van der Waals surface area contributed by atoms with E-state index in [2.05, 4.69) is 4.98 Å². The van der Waals surface area contributed by atoms with Crippen molar-refractivity contribution in [1.29, 1.82) is 0 Å². The summed E-state index contributed by atoms with van der Waals surface area (Å²) in [6.45, 7) is 1.19. The molecule has 0 spiro atoms. The van der Waals surface area contributed by atoms with Crippen LogP contribution in [0.2, 0.25) is 0 Å². The lowest BCUT2D eigenvalue weighted by Gasteiger charge is -2.18. The Balaban J connectivity index is 1.38. The van der Waals surface area contributed by atoms with E-state index in [1.54, 1.807) is 35.4 Å². The highest BCUT2D eigenvalue weighted by molar-refractivity contribution is 7.18. The molecule has 4 rings (SSSR count). The van der Waals surface area contributed by atoms with E-state index in [1.165, 1.54) is 0 Å². The van der Waals surface area contributed by atoms with Crippen LogP contribution in [0.1, 0.15) is 15.4 Å². The number of rotatable bonds is 8. The normalized spacial score (nSPS) is 10.7. The van der Waals surface area contributed by atoms with Crippen LogP contribution in [0.25, 0.3) is 10.2 Å². The van der Waals surface area contributed by atoms with Crippen LogP contribution in [0.3, 0.4) is 0 Å².